The standard InChI is InChI=1S/C14H22N4O3/c1-9-5-4-6-14(15,8-9)12(19)18-13-16-10(20-2)7-11(17-13)21-3/h7,9H,4-6,8,15H2,1-3H3,(H,16,17,18,19). The lowest BCUT2D eigenvalue weighted by Gasteiger charge is -2.35. The molecule has 2 unspecified atom stereocenters. The summed E-state index contributed by atoms with van der Waals surface area (Å²) in [4.78, 5) is 20.6. The first-order chi connectivity index (χ1) is 9.96. The molecule has 1 aromatic heterocycles. The largest absolute Gasteiger partial charge is 0.481 e. The molecule has 7 nitrogen and oxygen atoms in total. The number of carbonyl (C=O) groups is 1. The highest BCUT2D eigenvalue weighted by atomic mass is 16.5. The third-order valence-corrected chi connectivity index (χ3v) is 3.81. The number of aromatic nitrogens is 2. The molecular formula is C14H22N4O3. The van der Waals surface area contributed by atoms with Crippen LogP contribution in [0.3, 0.4) is 0 Å². The Hall–Kier alpha value is -1.89. The number of rotatable bonds is 4. The predicted octanol–water partition coefficient (Wildman–Crippen LogP) is 1.34. The first kappa shape index (κ1) is 15.5. The lowest BCUT2D eigenvalue weighted by atomic mass is 9.76. The number of carbonyl (C=O) groups excluding carboxylic acids is 1. The highest BCUT2D eigenvalue weighted by Gasteiger charge is 2.38. The average Bonchev–Trinajstić information content (AvgIpc) is 2.46. The number of amides is 1. The molecule has 7 heteroatoms. The van der Waals surface area contributed by atoms with Gasteiger partial charge in [0.05, 0.1) is 25.8 Å². The van der Waals surface area contributed by atoms with Crippen molar-refractivity contribution in [2.45, 2.75) is 38.1 Å². The van der Waals surface area contributed by atoms with Crippen LogP contribution in [0.5, 0.6) is 11.8 Å². The van der Waals surface area contributed by atoms with E-state index in [9.17, 15) is 4.79 Å². The first-order valence-corrected chi connectivity index (χ1v) is 7.04. The summed E-state index contributed by atoms with van der Waals surface area (Å²) in [5.74, 6) is 0.958. The SMILES string of the molecule is COc1cc(OC)nc(NC(=O)C2(N)CCCC(C)C2)n1. The van der Waals surface area contributed by atoms with E-state index in [0.717, 1.165) is 12.8 Å². The van der Waals surface area contributed by atoms with Crippen LogP contribution in [0.25, 0.3) is 0 Å². The minimum Gasteiger partial charge on any atom is -0.481 e. The smallest absolute Gasteiger partial charge is 0.246 e. The van der Waals surface area contributed by atoms with Crippen LogP contribution in [-0.4, -0.2) is 35.6 Å². The van der Waals surface area contributed by atoms with Crippen molar-refractivity contribution in [2.24, 2.45) is 11.7 Å². The summed E-state index contributed by atoms with van der Waals surface area (Å²) in [6.07, 6.45) is 3.40. The zero-order chi connectivity index (χ0) is 15.5. The van der Waals surface area contributed by atoms with E-state index in [1.807, 2.05) is 0 Å². The number of methoxy groups -OCH3 is 2. The fourth-order valence-electron chi connectivity index (χ4n) is 2.69. The normalized spacial score (nSPS) is 25.2. The zero-order valence-electron chi connectivity index (χ0n) is 12.7. The zero-order valence-corrected chi connectivity index (χ0v) is 12.7. The van der Waals surface area contributed by atoms with Gasteiger partial charge in [-0.05, 0) is 18.8 Å². The lowest BCUT2D eigenvalue weighted by molar-refractivity contribution is -0.122. The molecule has 2 atom stereocenters. The summed E-state index contributed by atoms with van der Waals surface area (Å²) >= 11 is 0. The van der Waals surface area contributed by atoms with Crippen LogP contribution in [0.1, 0.15) is 32.6 Å². The molecule has 0 aliphatic heterocycles. The molecule has 1 aromatic rings. The molecular weight excluding hydrogens is 272 g/mol. The summed E-state index contributed by atoms with van der Waals surface area (Å²) in [5, 5.41) is 2.68. The molecule has 0 radical (unpaired) electrons. The van der Waals surface area contributed by atoms with Crippen molar-refractivity contribution in [3.63, 3.8) is 0 Å². The van der Waals surface area contributed by atoms with Crippen LogP contribution < -0.4 is 20.5 Å². The van der Waals surface area contributed by atoms with Gasteiger partial charge in [0, 0.05) is 0 Å². The van der Waals surface area contributed by atoms with E-state index in [1.165, 1.54) is 20.3 Å². The molecule has 1 aliphatic rings. The maximum Gasteiger partial charge on any atom is 0.246 e. The minimum absolute atomic E-state index is 0.138. The number of nitrogens with one attached hydrogen (secondary N) is 1. The molecule has 21 heavy (non-hydrogen) atoms. The van der Waals surface area contributed by atoms with Gasteiger partial charge in [0.25, 0.3) is 0 Å². The van der Waals surface area contributed by atoms with E-state index >= 15 is 0 Å². The fraction of sp³-hybridized carbons (Fsp3) is 0.643. The second-order valence-electron chi connectivity index (χ2n) is 5.59. The van der Waals surface area contributed by atoms with Gasteiger partial charge in [-0.1, -0.05) is 19.8 Å². The molecule has 2 rings (SSSR count). The average molecular weight is 294 g/mol. The van der Waals surface area contributed by atoms with Crippen molar-refractivity contribution in [1.29, 1.82) is 0 Å². The van der Waals surface area contributed by atoms with Crippen LogP contribution in [0.15, 0.2) is 6.07 Å². The monoisotopic (exact) mass is 294 g/mol. The molecule has 0 saturated heterocycles. The predicted molar refractivity (Wildman–Crippen MR) is 78.3 cm³/mol. The summed E-state index contributed by atoms with van der Waals surface area (Å²) in [6, 6.07) is 1.54. The van der Waals surface area contributed by atoms with Crippen LogP contribution in [0, 0.1) is 5.92 Å². The van der Waals surface area contributed by atoms with Crippen molar-refractivity contribution < 1.29 is 14.3 Å². The summed E-state index contributed by atoms with van der Waals surface area (Å²) in [5.41, 5.74) is 5.39. The Morgan fingerprint density at radius 2 is 2.00 bits per heavy atom. The minimum atomic E-state index is -0.864. The second kappa shape index (κ2) is 6.26. The topological polar surface area (TPSA) is 99.4 Å². The molecule has 0 spiro atoms. The van der Waals surface area contributed by atoms with Gasteiger partial charge in [0.15, 0.2) is 0 Å². The van der Waals surface area contributed by atoms with Crippen LogP contribution >= 0.6 is 0 Å². The fourth-order valence-corrected chi connectivity index (χ4v) is 2.69. The quantitative estimate of drug-likeness (QED) is 0.869. The van der Waals surface area contributed by atoms with Crippen molar-refractivity contribution >= 4 is 11.9 Å². The third kappa shape index (κ3) is 3.60. The number of nitrogens with zero attached hydrogens (tertiary/aromatic N) is 2. The molecule has 1 amide bonds. The van der Waals surface area contributed by atoms with Gasteiger partial charge in [-0.2, -0.15) is 9.97 Å². The van der Waals surface area contributed by atoms with Gasteiger partial charge >= 0.3 is 0 Å². The molecule has 1 fully saturated rings. The highest BCUT2D eigenvalue weighted by molar-refractivity contribution is 5.96. The van der Waals surface area contributed by atoms with E-state index in [0.29, 0.717) is 30.5 Å². The van der Waals surface area contributed by atoms with E-state index in [2.05, 4.69) is 22.2 Å². The molecule has 116 valence electrons. The van der Waals surface area contributed by atoms with Crippen molar-refractivity contribution in [1.82, 2.24) is 9.97 Å². The Bertz CT molecular complexity index is 501. The van der Waals surface area contributed by atoms with Crippen LogP contribution in [0.4, 0.5) is 5.95 Å². The Balaban J connectivity index is 2.15. The third-order valence-electron chi connectivity index (χ3n) is 3.81. The first-order valence-electron chi connectivity index (χ1n) is 7.04. The number of nitrogens with two attached hydrogens (primary N) is 1. The highest BCUT2D eigenvalue weighted by Crippen LogP contribution is 2.31. The van der Waals surface area contributed by atoms with Gasteiger partial charge in [0.2, 0.25) is 23.6 Å². The maximum atomic E-state index is 12.4. The molecule has 1 aliphatic carbocycles. The second-order valence-corrected chi connectivity index (χ2v) is 5.59. The van der Waals surface area contributed by atoms with Crippen molar-refractivity contribution in [3.05, 3.63) is 6.07 Å². The maximum absolute atomic E-state index is 12.4. The van der Waals surface area contributed by atoms with E-state index in [4.69, 9.17) is 15.2 Å². The van der Waals surface area contributed by atoms with E-state index in [-0.39, 0.29) is 11.9 Å². The van der Waals surface area contributed by atoms with Gasteiger partial charge in [-0.15, -0.1) is 0 Å². The van der Waals surface area contributed by atoms with E-state index < -0.39 is 5.54 Å². The Labute approximate surface area is 124 Å². The molecule has 0 aromatic carbocycles. The van der Waals surface area contributed by atoms with Crippen LogP contribution in [-0.2, 0) is 4.79 Å². The van der Waals surface area contributed by atoms with Gasteiger partial charge in [-0.3, -0.25) is 10.1 Å². The molecule has 0 bridgehead atoms. The Kier molecular flexibility index (Phi) is 4.62. The van der Waals surface area contributed by atoms with Gasteiger partial charge < -0.3 is 15.2 Å². The molecule has 1 heterocycles. The number of anilines is 1. The summed E-state index contributed by atoms with van der Waals surface area (Å²) in [7, 11) is 2.97. The summed E-state index contributed by atoms with van der Waals surface area (Å²) < 4.78 is 10.1. The van der Waals surface area contributed by atoms with Gasteiger partial charge in [0.1, 0.15) is 0 Å². The van der Waals surface area contributed by atoms with Crippen LogP contribution in [0.2, 0.25) is 0 Å². The van der Waals surface area contributed by atoms with Gasteiger partial charge in [-0.25, -0.2) is 0 Å². The summed E-state index contributed by atoms with van der Waals surface area (Å²) in [6.45, 7) is 2.11. The molecule has 1 saturated carbocycles. The Morgan fingerprint density at radius 1 is 1.38 bits per heavy atom. The number of hydrogen-bond acceptors (Lipinski definition) is 6. The number of hydrogen-bond donors (Lipinski definition) is 2. The van der Waals surface area contributed by atoms with E-state index in [1.54, 1.807) is 0 Å². The molecule has 3 N–H and O–H groups in total. The lowest BCUT2D eigenvalue weighted by Crippen LogP contribution is -2.53. The number of ether oxygens (including phenoxy) is 2. The Morgan fingerprint density at radius 3 is 2.52 bits per heavy atom. The van der Waals surface area contributed by atoms with Crippen molar-refractivity contribution in [2.75, 3.05) is 19.5 Å². The van der Waals surface area contributed by atoms with Crippen molar-refractivity contribution in [3.8, 4) is 11.8 Å².